The van der Waals surface area contributed by atoms with Crippen molar-refractivity contribution in [2.24, 2.45) is 0 Å². The molecule has 1 aromatic carbocycles. The minimum Gasteiger partial charge on any atom is -0.366 e. The standard InChI is InChI=1S/C13H10ClF3N2/c14-11-4-5-12(19-8-11)18-7-9-2-1-3-10(6-9)13(15,16)17/h1-6,8H,7H2,(H,18,19). The molecule has 19 heavy (non-hydrogen) atoms. The summed E-state index contributed by atoms with van der Waals surface area (Å²) >= 11 is 5.68. The lowest BCUT2D eigenvalue weighted by molar-refractivity contribution is -0.137. The highest BCUT2D eigenvalue weighted by atomic mass is 35.5. The van der Waals surface area contributed by atoms with Gasteiger partial charge in [-0.3, -0.25) is 0 Å². The van der Waals surface area contributed by atoms with Gasteiger partial charge in [-0.1, -0.05) is 23.7 Å². The molecule has 0 aliphatic rings. The molecule has 0 bridgehead atoms. The van der Waals surface area contributed by atoms with Crippen molar-refractivity contribution in [3.8, 4) is 0 Å². The van der Waals surface area contributed by atoms with E-state index in [9.17, 15) is 13.2 Å². The number of nitrogens with one attached hydrogen (secondary N) is 1. The number of halogens is 4. The number of nitrogens with zero attached hydrogens (tertiary/aromatic N) is 1. The zero-order valence-corrected chi connectivity index (χ0v) is 10.5. The van der Waals surface area contributed by atoms with Crippen LogP contribution in [0.5, 0.6) is 0 Å². The van der Waals surface area contributed by atoms with Gasteiger partial charge in [0.2, 0.25) is 0 Å². The van der Waals surface area contributed by atoms with Gasteiger partial charge in [0.05, 0.1) is 10.6 Å². The van der Waals surface area contributed by atoms with Crippen LogP contribution < -0.4 is 5.32 Å². The van der Waals surface area contributed by atoms with E-state index < -0.39 is 11.7 Å². The SMILES string of the molecule is FC(F)(F)c1cccc(CNc2ccc(Cl)cn2)c1. The maximum absolute atomic E-state index is 12.5. The highest BCUT2D eigenvalue weighted by molar-refractivity contribution is 6.30. The van der Waals surface area contributed by atoms with E-state index in [1.54, 1.807) is 18.2 Å². The second kappa shape index (κ2) is 5.48. The molecular formula is C13H10ClF3N2. The number of aromatic nitrogens is 1. The van der Waals surface area contributed by atoms with Gasteiger partial charge >= 0.3 is 6.18 Å². The first-order valence-corrected chi connectivity index (χ1v) is 5.84. The fourth-order valence-electron chi connectivity index (χ4n) is 1.53. The molecule has 0 atom stereocenters. The Morgan fingerprint density at radius 2 is 1.95 bits per heavy atom. The third kappa shape index (κ3) is 3.86. The Morgan fingerprint density at radius 1 is 1.16 bits per heavy atom. The number of hydrogen-bond donors (Lipinski definition) is 1. The van der Waals surface area contributed by atoms with Crippen LogP contribution in [0.25, 0.3) is 0 Å². The fourth-order valence-corrected chi connectivity index (χ4v) is 1.64. The zero-order chi connectivity index (χ0) is 13.9. The summed E-state index contributed by atoms with van der Waals surface area (Å²) in [5.74, 6) is 0.557. The summed E-state index contributed by atoms with van der Waals surface area (Å²) < 4.78 is 37.6. The lowest BCUT2D eigenvalue weighted by Gasteiger charge is -2.09. The number of rotatable bonds is 3. The van der Waals surface area contributed by atoms with Crippen LogP contribution in [0.4, 0.5) is 19.0 Å². The van der Waals surface area contributed by atoms with Crippen molar-refractivity contribution < 1.29 is 13.2 Å². The molecule has 0 unspecified atom stereocenters. The molecule has 2 aromatic rings. The molecule has 0 saturated heterocycles. The first-order valence-electron chi connectivity index (χ1n) is 5.47. The molecule has 2 rings (SSSR count). The van der Waals surface area contributed by atoms with Gasteiger partial charge in [-0.2, -0.15) is 13.2 Å². The molecule has 0 saturated carbocycles. The van der Waals surface area contributed by atoms with Crippen molar-refractivity contribution in [1.29, 1.82) is 0 Å². The van der Waals surface area contributed by atoms with Crippen LogP contribution in [0.3, 0.4) is 0 Å². The van der Waals surface area contributed by atoms with Gasteiger partial charge in [-0.15, -0.1) is 0 Å². The van der Waals surface area contributed by atoms with Crippen molar-refractivity contribution in [3.63, 3.8) is 0 Å². The second-order valence-electron chi connectivity index (χ2n) is 3.91. The Balaban J connectivity index is 2.05. The van der Waals surface area contributed by atoms with Gasteiger partial charge in [0.15, 0.2) is 0 Å². The zero-order valence-electron chi connectivity index (χ0n) is 9.71. The number of anilines is 1. The van der Waals surface area contributed by atoms with Crippen LogP contribution in [0, 0.1) is 0 Å². The molecule has 0 aliphatic carbocycles. The molecule has 1 heterocycles. The maximum atomic E-state index is 12.5. The normalized spacial score (nSPS) is 11.4. The molecule has 0 spiro atoms. The summed E-state index contributed by atoms with van der Waals surface area (Å²) in [5, 5.41) is 3.43. The topological polar surface area (TPSA) is 24.9 Å². The maximum Gasteiger partial charge on any atom is 0.416 e. The van der Waals surface area contributed by atoms with Crippen molar-refractivity contribution in [2.75, 3.05) is 5.32 Å². The number of hydrogen-bond acceptors (Lipinski definition) is 2. The Hall–Kier alpha value is -1.75. The first kappa shape index (κ1) is 13.7. The minimum atomic E-state index is -4.32. The molecule has 2 nitrogen and oxygen atoms in total. The van der Waals surface area contributed by atoms with Gasteiger partial charge in [-0.25, -0.2) is 4.98 Å². The Bertz CT molecular complexity index is 553. The van der Waals surface area contributed by atoms with E-state index >= 15 is 0 Å². The van der Waals surface area contributed by atoms with Crippen molar-refractivity contribution in [2.45, 2.75) is 12.7 Å². The highest BCUT2D eigenvalue weighted by Gasteiger charge is 2.30. The molecular weight excluding hydrogens is 277 g/mol. The van der Waals surface area contributed by atoms with E-state index in [0.717, 1.165) is 12.1 Å². The summed E-state index contributed by atoms with van der Waals surface area (Å²) in [6, 6.07) is 8.49. The minimum absolute atomic E-state index is 0.262. The largest absolute Gasteiger partial charge is 0.416 e. The van der Waals surface area contributed by atoms with Crippen LogP contribution in [-0.2, 0) is 12.7 Å². The average Bonchev–Trinajstić information content (AvgIpc) is 2.37. The second-order valence-corrected chi connectivity index (χ2v) is 4.35. The summed E-state index contributed by atoms with van der Waals surface area (Å²) in [6.45, 7) is 0.262. The molecule has 1 aromatic heterocycles. The Morgan fingerprint density at radius 3 is 2.58 bits per heavy atom. The molecule has 0 radical (unpaired) electrons. The predicted octanol–water partition coefficient (Wildman–Crippen LogP) is 4.37. The van der Waals surface area contributed by atoms with Gasteiger partial charge < -0.3 is 5.32 Å². The summed E-state index contributed by atoms with van der Waals surface area (Å²) in [6.07, 6.45) is -2.86. The average molecular weight is 287 g/mol. The smallest absolute Gasteiger partial charge is 0.366 e. The number of alkyl halides is 3. The Kier molecular flexibility index (Phi) is 3.95. The highest BCUT2D eigenvalue weighted by Crippen LogP contribution is 2.29. The quantitative estimate of drug-likeness (QED) is 0.906. The summed E-state index contributed by atoms with van der Waals surface area (Å²) in [5.41, 5.74) is -0.123. The van der Waals surface area contributed by atoms with Crippen LogP contribution >= 0.6 is 11.6 Å². The van der Waals surface area contributed by atoms with Crippen molar-refractivity contribution in [1.82, 2.24) is 4.98 Å². The van der Waals surface area contributed by atoms with Gasteiger partial charge in [0.1, 0.15) is 5.82 Å². The van der Waals surface area contributed by atoms with E-state index in [4.69, 9.17) is 11.6 Å². The lowest BCUT2D eigenvalue weighted by Crippen LogP contribution is -2.07. The molecule has 100 valence electrons. The van der Waals surface area contributed by atoms with Gasteiger partial charge in [0, 0.05) is 12.7 Å². The van der Waals surface area contributed by atoms with Gasteiger partial charge in [0.25, 0.3) is 0 Å². The third-order valence-corrected chi connectivity index (χ3v) is 2.68. The van der Waals surface area contributed by atoms with E-state index in [1.807, 2.05) is 0 Å². The van der Waals surface area contributed by atoms with Crippen LogP contribution in [-0.4, -0.2) is 4.98 Å². The van der Waals surface area contributed by atoms with Crippen molar-refractivity contribution >= 4 is 17.4 Å². The lowest BCUT2D eigenvalue weighted by atomic mass is 10.1. The summed E-state index contributed by atoms with van der Waals surface area (Å²) in [4.78, 5) is 4.00. The predicted molar refractivity (Wildman–Crippen MR) is 68.0 cm³/mol. The number of benzene rings is 1. The monoisotopic (exact) mass is 286 g/mol. The summed E-state index contributed by atoms with van der Waals surface area (Å²) in [7, 11) is 0. The Labute approximate surface area is 113 Å². The molecule has 6 heteroatoms. The van der Waals surface area contributed by atoms with E-state index in [1.165, 1.54) is 12.3 Å². The molecule has 0 aliphatic heterocycles. The van der Waals surface area contributed by atoms with Crippen molar-refractivity contribution in [3.05, 3.63) is 58.7 Å². The molecule has 0 amide bonds. The number of pyridine rings is 1. The van der Waals surface area contributed by atoms with E-state index in [0.29, 0.717) is 16.4 Å². The fraction of sp³-hybridized carbons (Fsp3) is 0.154. The van der Waals surface area contributed by atoms with E-state index in [2.05, 4.69) is 10.3 Å². The molecule has 1 N–H and O–H groups in total. The third-order valence-electron chi connectivity index (χ3n) is 2.46. The van der Waals surface area contributed by atoms with E-state index in [-0.39, 0.29) is 6.54 Å². The van der Waals surface area contributed by atoms with Crippen LogP contribution in [0.1, 0.15) is 11.1 Å². The van der Waals surface area contributed by atoms with Crippen LogP contribution in [0.15, 0.2) is 42.6 Å². The molecule has 0 fully saturated rings. The van der Waals surface area contributed by atoms with Crippen LogP contribution in [0.2, 0.25) is 5.02 Å². The first-order chi connectivity index (χ1) is 8.95. The van der Waals surface area contributed by atoms with Gasteiger partial charge in [-0.05, 0) is 29.8 Å².